The zero-order valence-electron chi connectivity index (χ0n) is 20.8. The summed E-state index contributed by atoms with van der Waals surface area (Å²) in [6, 6.07) is 13.5. The van der Waals surface area contributed by atoms with Crippen LogP contribution >= 0.6 is 11.6 Å². The van der Waals surface area contributed by atoms with E-state index in [2.05, 4.69) is 29.4 Å². The van der Waals surface area contributed by atoms with Gasteiger partial charge in [-0.05, 0) is 73.6 Å². The standard InChI is InChI=1S/C27H36ClN3O3/c1-6-31(7-2)21-13-11-20(12-14-21)29-24(32)27(30-25(33)34-18-26(3,4)5)16-15-19-9-8-10-23(28)22(19)17-27/h8-14H,6-7,15-18H2,1-5H3,(H,29,32)(H,30,33). The van der Waals surface area contributed by atoms with Crippen LogP contribution in [0.4, 0.5) is 16.2 Å². The molecule has 1 aliphatic carbocycles. The van der Waals surface area contributed by atoms with Crippen molar-refractivity contribution in [1.82, 2.24) is 5.32 Å². The molecule has 2 N–H and O–H groups in total. The molecule has 2 aromatic rings. The van der Waals surface area contributed by atoms with Gasteiger partial charge in [0.2, 0.25) is 0 Å². The Hall–Kier alpha value is -2.73. The summed E-state index contributed by atoms with van der Waals surface area (Å²) < 4.78 is 5.45. The van der Waals surface area contributed by atoms with Crippen LogP contribution in [-0.2, 0) is 22.4 Å². The Morgan fingerprint density at radius 3 is 2.38 bits per heavy atom. The molecule has 7 heteroatoms. The van der Waals surface area contributed by atoms with Gasteiger partial charge in [0.1, 0.15) is 5.54 Å². The van der Waals surface area contributed by atoms with Gasteiger partial charge in [0.05, 0.1) is 6.61 Å². The van der Waals surface area contributed by atoms with Crippen LogP contribution in [0.15, 0.2) is 42.5 Å². The van der Waals surface area contributed by atoms with Crippen molar-refractivity contribution < 1.29 is 14.3 Å². The predicted octanol–water partition coefficient (Wildman–Crippen LogP) is 5.82. The molecule has 184 valence electrons. The Kier molecular flexibility index (Phi) is 8.13. The van der Waals surface area contributed by atoms with E-state index in [4.69, 9.17) is 16.3 Å². The number of halogens is 1. The molecule has 0 aromatic heterocycles. The van der Waals surface area contributed by atoms with Gasteiger partial charge in [0.25, 0.3) is 5.91 Å². The predicted molar refractivity (Wildman–Crippen MR) is 139 cm³/mol. The average molecular weight is 486 g/mol. The average Bonchev–Trinajstić information content (AvgIpc) is 2.80. The Balaban J connectivity index is 1.84. The minimum Gasteiger partial charge on any atom is -0.449 e. The third kappa shape index (κ3) is 6.23. The lowest BCUT2D eigenvalue weighted by Crippen LogP contribution is -2.60. The van der Waals surface area contributed by atoms with Crippen LogP contribution in [0.5, 0.6) is 0 Å². The fourth-order valence-corrected chi connectivity index (χ4v) is 4.50. The molecule has 1 unspecified atom stereocenters. The maximum Gasteiger partial charge on any atom is 0.408 e. The number of ether oxygens (including phenoxy) is 1. The highest BCUT2D eigenvalue weighted by atomic mass is 35.5. The van der Waals surface area contributed by atoms with Gasteiger partial charge in [-0.15, -0.1) is 0 Å². The summed E-state index contributed by atoms with van der Waals surface area (Å²) in [6.07, 6.45) is 0.783. The third-order valence-corrected chi connectivity index (χ3v) is 6.54. The minimum atomic E-state index is -1.16. The van der Waals surface area contributed by atoms with E-state index in [9.17, 15) is 9.59 Å². The Bertz CT molecular complexity index is 1010. The zero-order chi connectivity index (χ0) is 24.9. The number of amides is 2. The summed E-state index contributed by atoms with van der Waals surface area (Å²) in [5.41, 5.74) is 2.42. The highest BCUT2D eigenvalue weighted by Gasteiger charge is 2.44. The first-order valence-electron chi connectivity index (χ1n) is 11.9. The molecule has 0 fully saturated rings. The van der Waals surface area contributed by atoms with E-state index in [1.807, 2.05) is 63.2 Å². The van der Waals surface area contributed by atoms with Gasteiger partial charge in [-0.2, -0.15) is 0 Å². The fourth-order valence-electron chi connectivity index (χ4n) is 4.24. The van der Waals surface area contributed by atoms with Gasteiger partial charge in [0.15, 0.2) is 0 Å². The topological polar surface area (TPSA) is 70.7 Å². The van der Waals surface area contributed by atoms with E-state index in [0.29, 0.717) is 30.0 Å². The number of hydrogen-bond donors (Lipinski definition) is 2. The molecule has 6 nitrogen and oxygen atoms in total. The SMILES string of the molecule is CCN(CC)c1ccc(NC(=O)C2(NC(=O)OCC(C)(C)C)CCc3cccc(Cl)c3C2)cc1. The van der Waals surface area contributed by atoms with E-state index in [-0.39, 0.29) is 17.9 Å². The maximum atomic E-state index is 13.6. The molecule has 0 spiro atoms. The van der Waals surface area contributed by atoms with Gasteiger partial charge in [0, 0.05) is 35.9 Å². The summed E-state index contributed by atoms with van der Waals surface area (Å²) in [5.74, 6) is -0.277. The molecule has 0 aliphatic heterocycles. The maximum absolute atomic E-state index is 13.6. The molecule has 2 amide bonds. The number of benzene rings is 2. The first-order chi connectivity index (χ1) is 16.1. The molecule has 2 aromatic carbocycles. The molecule has 0 radical (unpaired) electrons. The van der Waals surface area contributed by atoms with Crippen molar-refractivity contribution in [2.24, 2.45) is 5.41 Å². The largest absolute Gasteiger partial charge is 0.449 e. The van der Waals surface area contributed by atoms with Crippen LogP contribution in [0.1, 0.15) is 52.2 Å². The molecule has 0 saturated carbocycles. The lowest BCUT2D eigenvalue weighted by Gasteiger charge is -2.37. The Morgan fingerprint density at radius 1 is 1.09 bits per heavy atom. The molecule has 1 aliphatic rings. The van der Waals surface area contributed by atoms with Crippen molar-refractivity contribution in [3.8, 4) is 0 Å². The van der Waals surface area contributed by atoms with Crippen LogP contribution < -0.4 is 15.5 Å². The van der Waals surface area contributed by atoms with Crippen LogP contribution in [0.2, 0.25) is 5.02 Å². The molecular weight excluding hydrogens is 450 g/mol. The molecular formula is C27H36ClN3O3. The summed E-state index contributed by atoms with van der Waals surface area (Å²) in [4.78, 5) is 28.6. The van der Waals surface area contributed by atoms with Gasteiger partial charge in [-0.25, -0.2) is 4.79 Å². The molecule has 0 heterocycles. The van der Waals surface area contributed by atoms with Crippen molar-refractivity contribution in [3.63, 3.8) is 0 Å². The summed E-state index contributed by atoms with van der Waals surface area (Å²) in [5, 5.41) is 6.51. The first-order valence-corrected chi connectivity index (χ1v) is 12.3. The van der Waals surface area contributed by atoms with Crippen LogP contribution in [0.3, 0.4) is 0 Å². The summed E-state index contributed by atoms with van der Waals surface area (Å²) >= 11 is 6.49. The number of carbonyl (C=O) groups excluding carboxylic acids is 2. The lowest BCUT2D eigenvalue weighted by atomic mass is 9.77. The van der Waals surface area contributed by atoms with E-state index >= 15 is 0 Å². The number of carbonyl (C=O) groups is 2. The second kappa shape index (κ2) is 10.7. The second-order valence-electron chi connectivity index (χ2n) is 10.1. The number of aryl methyl sites for hydroxylation is 1. The molecule has 0 bridgehead atoms. The van der Waals surface area contributed by atoms with Crippen LogP contribution in [-0.4, -0.2) is 37.2 Å². The van der Waals surface area contributed by atoms with E-state index in [0.717, 1.165) is 29.9 Å². The number of alkyl carbamates (subject to hydrolysis) is 1. The normalized spacial score (nSPS) is 17.5. The molecule has 3 rings (SSSR count). The molecule has 1 atom stereocenters. The monoisotopic (exact) mass is 485 g/mol. The number of fused-ring (bicyclic) bond motifs is 1. The van der Waals surface area contributed by atoms with Crippen molar-refractivity contribution in [2.45, 2.75) is 59.4 Å². The molecule has 34 heavy (non-hydrogen) atoms. The van der Waals surface area contributed by atoms with Crippen molar-refractivity contribution >= 4 is 35.0 Å². The minimum absolute atomic E-state index is 0.179. The lowest BCUT2D eigenvalue weighted by molar-refractivity contribution is -0.122. The Labute approximate surface area is 208 Å². The number of rotatable bonds is 7. The summed E-state index contributed by atoms with van der Waals surface area (Å²) in [7, 11) is 0. The van der Waals surface area contributed by atoms with Crippen molar-refractivity contribution in [1.29, 1.82) is 0 Å². The van der Waals surface area contributed by atoms with Gasteiger partial charge < -0.3 is 20.3 Å². The van der Waals surface area contributed by atoms with E-state index in [1.165, 1.54) is 0 Å². The van der Waals surface area contributed by atoms with Crippen molar-refractivity contribution in [3.05, 3.63) is 58.6 Å². The second-order valence-corrected chi connectivity index (χ2v) is 10.5. The van der Waals surface area contributed by atoms with Crippen molar-refractivity contribution in [2.75, 3.05) is 29.9 Å². The summed E-state index contributed by atoms with van der Waals surface area (Å²) in [6.45, 7) is 12.3. The number of nitrogens with one attached hydrogen (secondary N) is 2. The van der Waals surface area contributed by atoms with Gasteiger partial charge in [-0.3, -0.25) is 4.79 Å². The molecule has 0 saturated heterocycles. The number of anilines is 2. The van der Waals surface area contributed by atoms with E-state index < -0.39 is 11.6 Å². The van der Waals surface area contributed by atoms with E-state index in [1.54, 1.807) is 0 Å². The van der Waals surface area contributed by atoms with Crippen LogP contribution in [0.25, 0.3) is 0 Å². The quantitative estimate of drug-likeness (QED) is 0.518. The first kappa shape index (κ1) is 25.9. The third-order valence-electron chi connectivity index (χ3n) is 6.18. The van der Waals surface area contributed by atoms with Gasteiger partial charge >= 0.3 is 6.09 Å². The highest BCUT2D eigenvalue weighted by Crippen LogP contribution is 2.34. The zero-order valence-corrected chi connectivity index (χ0v) is 21.6. The highest BCUT2D eigenvalue weighted by molar-refractivity contribution is 6.31. The smallest absolute Gasteiger partial charge is 0.408 e. The number of nitrogens with zero attached hydrogens (tertiary/aromatic N) is 1. The van der Waals surface area contributed by atoms with Crippen LogP contribution in [0, 0.1) is 5.41 Å². The van der Waals surface area contributed by atoms with Gasteiger partial charge in [-0.1, -0.05) is 44.5 Å². The number of hydrogen-bond acceptors (Lipinski definition) is 4. The Morgan fingerprint density at radius 2 is 1.76 bits per heavy atom. The fraction of sp³-hybridized carbons (Fsp3) is 0.481.